The van der Waals surface area contributed by atoms with Gasteiger partial charge in [-0.15, -0.1) is 0 Å². The highest BCUT2D eigenvalue weighted by Crippen LogP contribution is 2.21. The summed E-state index contributed by atoms with van der Waals surface area (Å²) in [5, 5.41) is 0.268. The number of hydrogen-bond acceptors (Lipinski definition) is 2. The molecule has 0 aliphatic rings. The van der Waals surface area contributed by atoms with Crippen molar-refractivity contribution in [3.8, 4) is 0 Å². The molecule has 0 spiro atoms. The molecule has 2 nitrogen and oxygen atoms in total. The van der Waals surface area contributed by atoms with Crippen LogP contribution in [-0.4, -0.2) is 5.78 Å². The number of hydrogen-bond donors (Lipinski definition) is 0. The number of carbonyl (C=O) groups excluding carboxylic acids is 1. The van der Waals surface area contributed by atoms with Crippen molar-refractivity contribution in [1.29, 1.82) is 0 Å². The van der Waals surface area contributed by atoms with Crippen LogP contribution >= 0.6 is 11.6 Å². The highest BCUT2D eigenvalue weighted by molar-refractivity contribution is 6.31. The van der Waals surface area contributed by atoms with E-state index in [4.69, 9.17) is 16.0 Å². The fraction of sp³-hybridized carbons (Fsp3) is 0.214. The van der Waals surface area contributed by atoms with Crippen LogP contribution < -0.4 is 0 Å². The molecular weight excluding hydrogens is 255 g/mol. The average Bonchev–Trinajstić information content (AvgIpc) is 2.81. The van der Waals surface area contributed by atoms with Gasteiger partial charge in [-0.1, -0.05) is 24.6 Å². The molecule has 0 N–H and O–H groups in total. The molecular formula is C14H12ClFO2. The Morgan fingerprint density at radius 3 is 2.83 bits per heavy atom. The van der Waals surface area contributed by atoms with E-state index in [0.29, 0.717) is 23.3 Å². The number of rotatable bonds is 4. The van der Waals surface area contributed by atoms with E-state index in [1.165, 1.54) is 24.5 Å². The monoisotopic (exact) mass is 266 g/mol. The molecule has 0 atom stereocenters. The second kappa shape index (κ2) is 5.36. The van der Waals surface area contributed by atoms with Crippen LogP contribution in [0.5, 0.6) is 0 Å². The first-order valence-electron chi connectivity index (χ1n) is 5.65. The number of furan rings is 1. The zero-order valence-corrected chi connectivity index (χ0v) is 10.6. The van der Waals surface area contributed by atoms with Gasteiger partial charge in [-0.2, -0.15) is 0 Å². The van der Waals surface area contributed by atoms with Gasteiger partial charge in [0.1, 0.15) is 11.6 Å². The molecule has 0 saturated carbocycles. The van der Waals surface area contributed by atoms with Crippen LogP contribution in [-0.2, 0) is 12.8 Å². The predicted molar refractivity (Wildman–Crippen MR) is 67.5 cm³/mol. The highest BCUT2D eigenvalue weighted by Gasteiger charge is 2.15. The number of carbonyl (C=O) groups is 1. The van der Waals surface area contributed by atoms with Gasteiger partial charge in [-0.3, -0.25) is 4.79 Å². The van der Waals surface area contributed by atoms with Gasteiger partial charge in [0.05, 0.1) is 11.8 Å². The second-order valence-corrected chi connectivity index (χ2v) is 4.35. The maximum absolute atomic E-state index is 12.9. The molecule has 2 aromatic rings. The van der Waals surface area contributed by atoms with Crippen LogP contribution in [0.1, 0.15) is 28.6 Å². The van der Waals surface area contributed by atoms with Crippen molar-refractivity contribution in [3.63, 3.8) is 0 Å². The SMILES string of the molecule is CCc1occc1C(=O)Cc1ccc(F)cc1Cl. The molecule has 1 aromatic carbocycles. The molecule has 94 valence electrons. The van der Waals surface area contributed by atoms with E-state index in [-0.39, 0.29) is 17.2 Å². The second-order valence-electron chi connectivity index (χ2n) is 3.95. The third-order valence-corrected chi connectivity index (χ3v) is 3.08. The van der Waals surface area contributed by atoms with Crippen molar-refractivity contribution in [1.82, 2.24) is 0 Å². The zero-order chi connectivity index (χ0) is 13.1. The molecule has 4 heteroatoms. The van der Waals surface area contributed by atoms with Gasteiger partial charge >= 0.3 is 0 Å². The normalized spacial score (nSPS) is 10.6. The Hall–Kier alpha value is -1.61. The summed E-state index contributed by atoms with van der Waals surface area (Å²) in [5.41, 5.74) is 1.18. The minimum atomic E-state index is -0.409. The first-order chi connectivity index (χ1) is 8.61. The minimum absolute atomic E-state index is 0.0749. The molecule has 1 heterocycles. The van der Waals surface area contributed by atoms with Gasteiger partial charge in [0.2, 0.25) is 0 Å². The minimum Gasteiger partial charge on any atom is -0.469 e. The Labute approximate surface area is 109 Å². The van der Waals surface area contributed by atoms with E-state index in [1.54, 1.807) is 6.07 Å². The highest BCUT2D eigenvalue weighted by atomic mass is 35.5. The lowest BCUT2D eigenvalue weighted by molar-refractivity contribution is 0.0991. The van der Waals surface area contributed by atoms with E-state index in [0.717, 1.165) is 0 Å². The molecule has 0 aliphatic heterocycles. The zero-order valence-electron chi connectivity index (χ0n) is 9.87. The molecule has 0 aliphatic carbocycles. The Morgan fingerprint density at radius 1 is 1.39 bits per heavy atom. The quantitative estimate of drug-likeness (QED) is 0.781. The molecule has 0 unspecified atom stereocenters. The number of Topliss-reactive ketones (excluding diaryl/α,β-unsaturated/α-hetero) is 1. The Kier molecular flexibility index (Phi) is 3.82. The number of aryl methyl sites for hydroxylation is 1. The van der Waals surface area contributed by atoms with Crippen LogP contribution in [0.15, 0.2) is 34.9 Å². The first kappa shape index (κ1) is 12.8. The van der Waals surface area contributed by atoms with E-state index in [2.05, 4.69) is 0 Å². The summed E-state index contributed by atoms with van der Waals surface area (Å²) in [4.78, 5) is 12.1. The maximum atomic E-state index is 12.9. The van der Waals surface area contributed by atoms with Crippen LogP contribution in [0, 0.1) is 5.82 Å². The summed E-state index contributed by atoms with van der Waals surface area (Å²) in [6, 6.07) is 5.69. The Bertz CT molecular complexity index is 575. The summed E-state index contributed by atoms with van der Waals surface area (Å²) in [7, 11) is 0. The number of halogens is 2. The summed E-state index contributed by atoms with van der Waals surface area (Å²) in [6.45, 7) is 1.92. The van der Waals surface area contributed by atoms with Crippen LogP contribution in [0.4, 0.5) is 4.39 Å². The van der Waals surface area contributed by atoms with E-state index in [1.807, 2.05) is 6.92 Å². The van der Waals surface area contributed by atoms with Gasteiger partial charge in [-0.05, 0) is 23.8 Å². The van der Waals surface area contributed by atoms with Crippen LogP contribution in [0.3, 0.4) is 0 Å². The summed E-state index contributed by atoms with van der Waals surface area (Å²) in [5.74, 6) is 0.182. The van der Waals surface area contributed by atoms with Gasteiger partial charge < -0.3 is 4.42 Å². The molecule has 1 aromatic heterocycles. The fourth-order valence-electron chi connectivity index (χ4n) is 1.80. The summed E-state index contributed by atoms with van der Waals surface area (Å²) < 4.78 is 18.1. The Balaban J connectivity index is 2.21. The summed E-state index contributed by atoms with van der Waals surface area (Å²) in [6.07, 6.45) is 2.30. The third-order valence-electron chi connectivity index (χ3n) is 2.73. The van der Waals surface area contributed by atoms with E-state index >= 15 is 0 Å². The van der Waals surface area contributed by atoms with Crippen LogP contribution in [0.25, 0.3) is 0 Å². The average molecular weight is 267 g/mol. The van der Waals surface area contributed by atoms with Crippen molar-refractivity contribution in [3.05, 3.63) is 58.3 Å². The molecule has 0 amide bonds. The lowest BCUT2D eigenvalue weighted by Crippen LogP contribution is -2.05. The lowest BCUT2D eigenvalue weighted by atomic mass is 10.0. The van der Waals surface area contributed by atoms with E-state index < -0.39 is 5.82 Å². The lowest BCUT2D eigenvalue weighted by Gasteiger charge is -2.04. The largest absolute Gasteiger partial charge is 0.469 e. The van der Waals surface area contributed by atoms with Gasteiger partial charge in [0, 0.05) is 17.9 Å². The van der Waals surface area contributed by atoms with Crippen molar-refractivity contribution in [2.45, 2.75) is 19.8 Å². The number of benzene rings is 1. The summed E-state index contributed by atoms with van der Waals surface area (Å²) >= 11 is 5.89. The van der Waals surface area contributed by atoms with Crippen molar-refractivity contribution < 1.29 is 13.6 Å². The van der Waals surface area contributed by atoms with Crippen molar-refractivity contribution in [2.75, 3.05) is 0 Å². The van der Waals surface area contributed by atoms with Gasteiger partial charge in [0.25, 0.3) is 0 Å². The van der Waals surface area contributed by atoms with Gasteiger partial charge in [-0.25, -0.2) is 4.39 Å². The molecule has 0 fully saturated rings. The van der Waals surface area contributed by atoms with E-state index in [9.17, 15) is 9.18 Å². The third kappa shape index (κ3) is 2.62. The van der Waals surface area contributed by atoms with Crippen molar-refractivity contribution >= 4 is 17.4 Å². The molecule has 0 radical (unpaired) electrons. The number of ketones is 1. The predicted octanol–water partition coefficient (Wildman–Crippen LogP) is 4.06. The maximum Gasteiger partial charge on any atom is 0.170 e. The first-order valence-corrected chi connectivity index (χ1v) is 6.03. The molecule has 18 heavy (non-hydrogen) atoms. The molecule has 0 saturated heterocycles. The smallest absolute Gasteiger partial charge is 0.170 e. The topological polar surface area (TPSA) is 30.2 Å². The standard InChI is InChI=1S/C14H12ClFO2/c1-2-14-11(5-6-18-14)13(17)7-9-3-4-10(16)8-12(9)15/h3-6,8H,2,7H2,1H3. The van der Waals surface area contributed by atoms with Crippen molar-refractivity contribution in [2.24, 2.45) is 0 Å². The van der Waals surface area contributed by atoms with Gasteiger partial charge in [0.15, 0.2) is 5.78 Å². The molecule has 2 rings (SSSR count). The van der Waals surface area contributed by atoms with Crippen LogP contribution in [0.2, 0.25) is 5.02 Å². The Morgan fingerprint density at radius 2 is 2.17 bits per heavy atom. The fourth-order valence-corrected chi connectivity index (χ4v) is 2.03. The molecule has 0 bridgehead atoms.